The second kappa shape index (κ2) is 4.00. The molecule has 2 rings (SSSR count). The fourth-order valence-corrected chi connectivity index (χ4v) is 1.71. The molecule has 0 fully saturated rings. The van der Waals surface area contributed by atoms with Crippen molar-refractivity contribution >= 4 is 45.4 Å². The van der Waals surface area contributed by atoms with Crippen LogP contribution in [-0.4, -0.2) is 10.1 Å². The lowest BCUT2D eigenvalue weighted by atomic mass is 10.1. The first-order chi connectivity index (χ1) is 7.16. The second-order valence-electron chi connectivity index (χ2n) is 3.03. The standard InChI is InChI=1S/C10H8ClN3S/c11-9-8-2-1-7(14-10(12)15)5-6(8)3-4-13-9/h1-5H,(H3,12,14,15). The first-order valence-corrected chi connectivity index (χ1v) is 5.06. The summed E-state index contributed by atoms with van der Waals surface area (Å²) in [6.45, 7) is 0. The molecule has 0 spiro atoms. The van der Waals surface area contributed by atoms with Crippen LogP contribution in [-0.2, 0) is 0 Å². The van der Waals surface area contributed by atoms with Crippen molar-refractivity contribution in [2.75, 3.05) is 5.32 Å². The highest BCUT2D eigenvalue weighted by atomic mass is 35.5. The lowest BCUT2D eigenvalue weighted by molar-refractivity contribution is 1.36. The zero-order valence-electron chi connectivity index (χ0n) is 7.70. The highest BCUT2D eigenvalue weighted by Gasteiger charge is 2.00. The summed E-state index contributed by atoms with van der Waals surface area (Å²) in [5.41, 5.74) is 6.23. The SMILES string of the molecule is NC(=S)Nc1ccc2c(Cl)nccc2c1. The van der Waals surface area contributed by atoms with Gasteiger partial charge in [0.15, 0.2) is 5.11 Å². The van der Waals surface area contributed by atoms with Gasteiger partial charge >= 0.3 is 0 Å². The summed E-state index contributed by atoms with van der Waals surface area (Å²) in [6, 6.07) is 7.54. The minimum atomic E-state index is 0.245. The van der Waals surface area contributed by atoms with Crippen LogP contribution in [0.4, 0.5) is 5.69 Å². The number of nitrogens with one attached hydrogen (secondary N) is 1. The van der Waals surface area contributed by atoms with Crippen LogP contribution < -0.4 is 11.1 Å². The molecule has 0 amide bonds. The van der Waals surface area contributed by atoms with E-state index in [0.29, 0.717) is 5.15 Å². The summed E-state index contributed by atoms with van der Waals surface area (Å²) in [7, 11) is 0. The summed E-state index contributed by atoms with van der Waals surface area (Å²) in [6.07, 6.45) is 1.66. The van der Waals surface area contributed by atoms with Gasteiger partial charge in [-0.25, -0.2) is 4.98 Å². The van der Waals surface area contributed by atoms with Crippen LogP contribution in [0.1, 0.15) is 0 Å². The van der Waals surface area contributed by atoms with E-state index in [0.717, 1.165) is 16.5 Å². The number of rotatable bonds is 1. The number of fused-ring (bicyclic) bond motifs is 1. The molecule has 3 nitrogen and oxygen atoms in total. The molecule has 0 saturated heterocycles. The molecule has 0 bridgehead atoms. The number of nitrogens with two attached hydrogens (primary N) is 1. The average Bonchev–Trinajstić information content (AvgIpc) is 2.17. The molecule has 0 unspecified atom stereocenters. The quantitative estimate of drug-likeness (QED) is 0.591. The summed E-state index contributed by atoms with van der Waals surface area (Å²) >= 11 is 10.7. The highest BCUT2D eigenvalue weighted by Crippen LogP contribution is 2.23. The second-order valence-corrected chi connectivity index (χ2v) is 3.82. The maximum atomic E-state index is 5.93. The molecule has 76 valence electrons. The van der Waals surface area contributed by atoms with Gasteiger partial charge in [-0.1, -0.05) is 11.6 Å². The highest BCUT2D eigenvalue weighted by molar-refractivity contribution is 7.80. The predicted molar refractivity (Wildman–Crippen MR) is 67.2 cm³/mol. The summed E-state index contributed by atoms with van der Waals surface area (Å²) in [5.74, 6) is 0. The molecule has 0 aliphatic heterocycles. The monoisotopic (exact) mass is 237 g/mol. The molecule has 1 aromatic carbocycles. The Morgan fingerprint density at radius 3 is 2.93 bits per heavy atom. The van der Waals surface area contributed by atoms with Crippen molar-refractivity contribution in [3.63, 3.8) is 0 Å². The van der Waals surface area contributed by atoms with Crippen molar-refractivity contribution in [1.82, 2.24) is 4.98 Å². The first-order valence-electron chi connectivity index (χ1n) is 4.27. The third-order valence-corrected chi connectivity index (χ3v) is 2.39. The Labute approximate surface area is 97.2 Å². The lowest BCUT2D eigenvalue weighted by Gasteiger charge is -2.05. The molecule has 0 aliphatic rings. The van der Waals surface area contributed by atoms with Crippen LogP contribution in [0.3, 0.4) is 0 Å². The molecule has 0 aliphatic carbocycles. The van der Waals surface area contributed by atoms with Crippen molar-refractivity contribution in [3.8, 4) is 0 Å². The van der Waals surface area contributed by atoms with Gasteiger partial charge in [0.1, 0.15) is 5.15 Å². The minimum Gasteiger partial charge on any atom is -0.376 e. The average molecular weight is 238 g/mol. The molecule has 0 radical (unpaired) electrons. The van der Waals surface area contributed by atoms with E-state index in [1.165, 1.54) is 0 Å². The number of aromatic nitrogens is 1. The number of benzene rings is 1. The van der Waals surface area contributed by atoms with Crippen molar-refractivity contribution in [1.29, 1.82) is 0 Å². The Morgan fingerprint density at radius 2 is 2.20 bits per heavy atom. The van der Waals surface area contributed by atoms with Crippen LogP contribution in [0.15, 0.2) is 30.5 Å². The van der Waals surface area contributed by atoms with E-state index in [1.807, 2.05) is 24.3 Å². The number of hydrogen-bond acceptors (Lipinski definition) is 2. The predicted octanol–water partition coefficient (Wildman–Crippen LogP) is 2.54. The number of halogens is 1. The maximum Gasteiger partial charge on any atom is 0.168 e. The van der Waals surface area contributed by atoms with E-state index in [4.69, 9.17) is 29.6 Å². The summed E-state index contributed by atoms with van der Waals surface area (Å²) < 4.78 is 0. The number of anilines is 1. The Balaban J connectivity index is 2.52. The van der Waals surface area contributed by atoms with E-state index in [1.54, 1.807) is 6.20 Å². The number of thiocarbonyl (C=S) groups is 1. The number of hydrogen-bond donors (Lipinski definition) is 2. The van der Waals surface area contributed by atoms with Crippen LogP contribution in [0.5, 0.6) is 0 Å². The van der Waals surface area contributed by atoms with Crippen molar-refractivity contribution in [2.45, 2.75) is 0 Å². The van der Waals surface area contributed by atoms with Gasteiger partial charge in [-0.05, 0) is 41.9 Å². The van der Waals surface area contributed by atoms with Gasteiger partial charge in [0.25, 0.3) is 0 Å². The largest absolute Gasteiger partial charge is 0.376 e. The van der Waals surface area contributed by atoms with Crippen LogP contribution >= 0.6 is 23.8 Å². The fourth-order valence-electron chi connectivity index (χ4n) is 1.36. The summed E-state index contributed by atoms with van der Waals surface area (Å²) in [4.78, 5) is 3.99. The third-order valence-electron chi connectivity index (χ3n) is 1.98. The topological polar surface area (TPSA) is 50.9 Å². The Morgan fingerprint density at radius 1 is 1.40 bits per heavy atom. The van der Waals surface area contributed by atoms with Gasteiger partial charge in [0, 0.05) is 17.3 Å². The molecule has 1 heterocycles. The number of nitrogens with zero attached hydrogens (tertiary/aromatic N) is 1. The summed E-state index contributed by atoms with van der Waals surface area (Å²) in [5, 5.41) is 5.51. The van der Waals surface area contributed by atoms with Gasteiger partial charge < -0.3 is 11.1 Å². The first kappa shape index (κ1) is 10.1. The van der Waals surface area contributed by atoms with Crippen molar-refractivity contribution in [2.24, 2.45) is 5.73 Å². The van der Waals surface area contributed by atoms with Gasteiger partial charge in [-0.15, -0.1) is 0 Å². The Hall–Kier alpha value is -1.39. The van der Waals surface area contributed by atoms with E-state index in [2.05, 4.69) is 10.3 Å². The fraction of sp³-hybridized carbons (Fsp3) is 0. The maximum absolute atomic E-state index is 5.93. The molecule has 15 heavy (non-hydrogen) atoms. The van der Waals surface area contributed by atoms with E-state index in [-0.39, 0.29) is 5.11 Å². The van der Waals surface area contributed by atoms with E-state index >= 15 is 0 Å². The normalized spacial score (nSPS) is 10.2. The van der Waals surface area contributed by atoms with E-state index in [9.17, 15) is 0 Å². The molecule has 3 N–H and O–H groups in total. The molecular formula is C10H8ClN3S. The number of pyridine rings is 1. The Bertz CT molecular complexity index is 527. The molecule has 0 saturated carbocycles. The van der Waals surface area contributed by atoms with Crippen LogP contribution in [0, 0.1) is 0 Å². The molecule has 5 heteroatoms. The Kier molecular flexibility index (Phi) is 2.70. The zero-order valence-corrected chi connectivity index (χ0v) is 9.27. The van der Waals surface area contributed by atoms with Gasteiger partial charge in [-0.2, -0.15) is 0 Å². The van der Waals surface area contributed by atoms with Gasteiger partial charge in [0.2, 0.25) is 0 Å². The van der Waals surface area contributed by atoms with Crippen LogP contribution in [0.2, 0.25) is 5.15 Å². The van der Waals surface area contributed by atoms with E-state index < -0.39 is 0 Å². The minimum absolute atomic E-state index is 0.245. The van der Waals surface area contributed by atoms with Crippen molar-refractivity contribution in [3.05, 3.63) is 35.6 Å². The molecular weight excluding hydrogens is 230 g/mol. The molecule has 1 aromatic heterocycles. The van der Waals surface area contributed by atoms with Gasteiger partial charge in [0.05, 0.1) is 0 Å². The molecule has 2 aromatic rings. The zero-order chi connectivity index (χ0) is 10.8. The molecule has 0 atom stereocenters. The van der Waals surface area contributed by atoms with Crippen molar-refractivity contribution < 1.29 is 0 Å². The smallest absolute Gasteiger partial charge is 0.168 e. The van der Waals surface area contributed by atoms with Gasteiger partial charge in [-0.3, -0.25) is 0 Å². The lowest BCUT2D eigenvalue weighted by Crippen LogP contribution is -2.18. The van der Waals surface area contributed by atoms with Crippen LogP contribution in [0.25, 0.3) is 10.8 Å². The third kappa shape index (κ3) is 2.16.